The molecular formula is C17H18N+. The Morgan fingerprint density at radius 1 is 1.11 bits per heavy atom. The van der Waals surface area contributed by atoms with Crippen molar-refractivity contribution in [3.63, 3.8) is 0 Å². The summed E-state index contributed by atoms with van der Waals surface area (Å²) in [5.41, 5.74) is 1.42. The Kier molecular flexibility index (Phi) is 2.39. The molecule has 0 aromatic heterocycles. The fourth-order valence-corrected chi connectivity index (χ4v) is 2.83. The number of nitrogens with zero attached hydrogens (tertiary/aromatic N) is 1. The average molecular weight is 236 g/mol. The molecule has 0 radical (unpaired) electrons. The molecule has 1 heteroatoms. The number of fused-ring (bicyclic) bond motifs is 2. The molecule has 90 valence electrons. The van der Waals surface area contributed by atoms with Crippen molar-refractivity contribution in [2.24, 2.45) is 0 Å². The topological polar surface area (TPSA) is 0 Å². The molecule has 2 aromatic rings. The number of quaternary nitrogens is 1. The first-order valence-electron chi connectivity index (χ1n) is 6.32. The molecule has 1 aliphatic rings. The standard InChI is InChI=1S/C17H18N/c1-4-7-17-16-11-14-9-6-5-8-13(14)10-15(16)12-18(17,2)3/h4-6,8-12H,1,7H2,2-3H3/q+1. The lowest BCUT2D eigenvalue weighted by Crippen LogP contribution is -2.30. The predicted molar refractivity (Wildman–Crippen MR) is 78.0 cm³/mol. The van der Waals surface area contributed by atoms with Crippen molar-refractivity contribution in [2.45, 2.75) is 6.42 Å². The number of hydrogen-bond acceptors (Lipinski definition) is 0. The van der Waals surface area contributed by atoms with Crippen LogP contribution in [0.1, 0.15) is 6.42 Å². The Morgan fingerprint density at radius 2 is 1.78 bits per heavy atom. The molecule has 0 aliphatic carbocycles. The van der Waals surface area contributed by atoms with Crippen molar-refractivity contribution in [1.82, 2.24) is 0 Å². The largest absolute Gasteiger partial charge is 0.272 e. The van der Waals surface area contributed by atoms with Crippen LogP contribution in [-0.4, -0.2) is 18.6 Å². The van der Waals surface area contributed by atoms with Gasteiger partial charge in [-0.25, -0.2) is 0 Å². The fraction of sp³-hybridized carbons (Fsp3) is 0.176. The molecule has 0 unspecified atom stereocenters. The van der Waals surface area contributed by atoms with E-state index < -0.39 is 0 Å². The maximum Gasteiger partial charge on any atom is 0.125 e. The van der Waals surface area contributed by atoms with E-state index in [0.717, 1.165) is 10.9 Å². The third-order valence-electron chi connectivity index (χ3n) is 3.72. The van der Waals surface area contributed by atoms with Crippen molar-refractivity contribution >= 4 is 22.7 Å². The van der Waals surface area contributed by atoms with E-state index in [1.54, 1.807) is 0 Å². The summed E-state index contributed by atoms with van der Waals surface area (Å²) in [7, 11) is 4.45. The second-order valence-corrected chi connectivity index (χ2v) is 5.40. The zero-order valence-corrected chi connectivity index (χ0v) is 11.0. The van der Waals surface area contributed by atoms with Crippen LogP contribution in [0.2, 0.25) is 0 Å². The maximum absolute atomic E-state index is 3.88. The first-order valence-corrected chi connectivity index (χ1v) is 6.32. The smallest absolute Gasteiger partial charge is 0.125 e. The van der Waals surface area contributed by atoms with Gasteiger partial charge in [-0.15, -0.1) is 6.58 Å². The molecule has 0 saturated heterocycles. The van der Waals surface area contributed by atoms with Crippen LogP contribution in [-0.2, 0) is 0 Å². The van der Waals surface area contributed by atoms with Crippen molar-refractivity contribution in [3.8, 4) is 0 Å². The van der Waals surface area contributed by atoms with E-state index in [9.17, 15) is 0 Å². The Labute approximate surface area is 108 Å². The van der Waals surface area contributed by atoms with Gasteiger partial charge in [-0.1, -0.05) is 30.3 Å². The summed E-state index contributed by atoms with van der Waals surface area (Å²) >= 11 is 0. The molecule has 18 heavy (non-hydrogen) atoms. The van der Waals surface area contributed by atoms with Crippen LogP contribution in [0.4, 0.5) is 0 Å². The number of rotatable bonds is 2. The Morgan fingerprint density at radius 3 is 2.44 bits per heavy atom. The van der Waals surface area contributed by atoms with Gasteiger partial charge in [-0.3, -0.25) is 4.48 Å². The van der Waals surface area contributed by atoms with Crippen LogP contribution >= 0.6 is 0 Å². The molecule has 1 heterocycles. The first-order chi connectivity index (χ1) is 8.62. The summed E-state index contributed by atoms with van der Waals surface area (Å²) < 4.78 is 0.831. The molecule has 0 bridgehead atoms. The quantitative estimate of drug-likeness (QED) is 0.554. The minimum atomic E-state index is 0.831. The predicted octanol–water partition coefficient (Wildman–Crippen LogP) is 2.35. The lowest BCUT2D eigenvalue weighted by molar-refractivity contribution is -0.733. The van der Waals surface area contributed by atoms with E-state index in [2.05, 4.69) is 63.3 Å². The van der Waals surface area contributed by atoms with Crippen molar-refractivity contribution in [1.29, 1.82) is 0 Å². The third-order valence-corrected chi connectivity index (χ3v) is 3.72. The lowest BCUT2D eigenvalue weighted by atomic mass is 10.1. The Hall–Kier alpha value is -1.86. The van der Waals surface area contributed by atoms with Crippen LogP contribution in [0.5, 0.6) is 0 Å². The van der Waals surface area contributed by atoms with Gasteiger partial charge in [0.05, 0.1) is 14.1 Å². The fourth-order valence-electron chi connectivity index (χ4n) is 2.83. The molecule has 1 nitrogen and oxygen atoms in total. The van der Waals surface area contributed by atoms with E-state index in [0.29, 0.717) is 0 Å². The summed E-state index contributed by atoms with van der Waals surface area (Å²) in [5, 5.41) is 5.34. The summed E-state index contributed by atoms with van der Waals surface area (Å²) in [6.45, 7) is 3.88. The average Bonchev–Trinajstić information content (AvgIpc) is 2.58. The van der Waals surface area contributed by atoms with E-state index in [1.165, 1.54) is 26.9 Å². The second kappa shape index (κ2) is 3.82. The highest BCUT2D eigenvalue weighted by Gasteiger charge is 2.25. The van der Waals surface area contributed by atoms with Crippen molar-refractivity contribution in [3.05, 3.63) is 59.5 Å². The van der Waals surface area contributed by atoms with E-state index in [1.807, 2.05) is 6.08 Å². The molecule has 3 rings (SSSR count). The highest BCUT2D eigenvalue weighted by Crippen LogP contribution is 2.20. The van der Waals surface area contributed by atoms with Gasteiger partial charge >= 0.3 is 0 Å². The molecule has 1 aliphatic heterocycles. The molecule has 2 aromatic carbocycles. The molecule has 0 fully saturated rings. The Bertz CT molecular complexity index is 751. The summed E-state index contributed by atoms with van der Waals surface area (Å²) in [5.74, 6) is 0. The number of hydrogen-bond donors (Lipinski definition) is 0. The van der Waals surface area contributed by atoms with Crippen LogP contribution in [0.3, 0.4) is 0 Å². The summed E-state index contributed by atoms with van der Waals surface area (Å²) in [6, 6.07) is 13.2. The van der Waals surface area contributed by atoms with Gasteiger partial charge in [0.25, 0.3) is 0 Å². The molecule has 0 atom stereocenters. The SMILES string of the molecule is C=CCC1=c2cc3ccccc3cc2=C[N+]1(C)C. The highest BCUT2D eigenvalue weighted by atomic mass is 15.3. The second-order valence-electron chi connectivity index (χ2n) is 5.40. The van der Waals surface area contributed by atoms with E-state index >= 15 is 0 Å². The molecule has 0 N–H and O–H groups in total. The van der Waals surface area contributed by atoms with Crippen LogP contribution in [0.15, 0.2) is 49.1 Å². The molecule has 0 spiro atoms. The Balaban J connectivity index is 2.44. The molecule has 0 saturated carbocycles. The van der Waals surface area contributed by atoms with E-state index in [-0.39, 0.29) is 0 Å². The van der Waals surface area contributed by atoms with Crippen LogP contribution in [0.25, 0.3) is 22.7 Å². The molecule has 0 amide bonds. The number of benzene rings is 2. The van der Waals surface area contributed by atoms with Crippen LogP contribution in [0, 0.1) is 0 Å². The van der Waals surface area contributed by atoms with Gasteiger partial charge in [0, 0.05) is 16.9 Å². The minimum Gasteiger partial charge on any atom is -0.272 e. The monoisotopic (exact) mass is 236 g/mol. The van der Waals surface area contributed by atoms with Gasteiger partial charge in [-0.05, 0) is 22.9 Å². The van der Waals surface area contributed by atoms with Gasteiger partial charge in [0.2, 0.25) is 0 Å². The maximum atomic E-state index is 3.88. The van der Waals surface area contributed by atoms with Gasteiger partial charge in [0.15, 0.2) is 0 Å². The first kappa shape index (κ1) is 11.2. The summed E-state index contributed by atoms with van der Waals surface area (Å²) in [6.07, 6.45) is 5.25. The normalized spacial score (nSPS) is 16.4. The lowest BCUT2D eigenvalue weighted by Gasteiger charge is -2.23. The van der Waals surface area contributed by atoms with Gasteiger partial charge < -0.3 is 0 Å². The van der Waals surface area contributed by atoms with Crippen molar-refractivity contribution < 1.29 is 4.48 Å². The van der Waals surface area contributed by atoms with Gasteiger partial charge in [0.1, 0.15) is 11.9 Å². The van der Waals surface area contributed by atoms with Gasteiger partial charge in [-0.2, -0.15) is 0 Å². The zero-order valence-electron chi connectivity index (χ0n) is 11.0. The highest BCUT2D eigenvalue weighted by molar-refractivity contribution is 5.83. The van der Waals surface area contributed by atoms with Crippen molar-refractivity contribution in [2.75, 3.05) is 14.1 Å². The molecular weight excluding hydrogens is 218 g/mol. The third kappa shape index (κ3) is 1.59. The van der Waals surface area contributed by atoms with E-state index in [4.69, 9.17) is 0 Å². The minimum absolute atomic E-state index is 0.831. The van der Waals surface area contributed by atoms with Crippen LogP contribution < -0.4 is 10.4 Å². The summed E-state index contributed by atoms with van der Waals surface area (Å²) in [4.78, 5) is 0. The zero-order chi connectivity index (χ0) is 12.8.